The van der Waals surface area contributed by atoms with Crippen molar-refractivity contribution >= 4 is 34.8 Å². The lowest BCUT2D eigenvalue weighted by atomic mass is 11.0. The Kier molecular flexibility index (Phi) is 1.41. The SMILES string of the molecule is ClC(Cl)(Cl)N1CC1. The van der Waals surface area contributed by atoms with Crippen molar-refractivity contribution in [3.8, 4) is 0 Å². The zero-order valence-electron chi connectivity index (χ0n) is 3.50. The van der Waals surface area contributed by atoms with Gasteiger partial charge in [-0.3, -0.25) is 4.90 Å². The Bertz CT molecular complexity index is 72.7. The first-order valence-corrected chi connectivity index (χ1v) is 3.06. The first-order chi connectivity index (χ1) is 3.11. The van der Waals surface area contributed by atoms with Crippen LogP contribution in [0.2, 0.25) is 0 Å². The van der Waals surface area contributed by atoms with Crippen molar-refractivity contribution < 1.29 is 0 Å². The first kappa shape index (κ1) is 5.96. The van der Waals surface area contributed by atoms with Crippen molar-refractivity contribution in [2.45, 2.75) is 3.92 Å². The molecule has 0 aliphatic carbocycles. The van der Waals surface area contributed by atoms with E-state index < -0.39 is 3.92 Å². The molecule has 0 atom stereocenters. The zero-order chi connectivity index (χ0) is 5.49. The number of halogens is 3. The highest BCUT2D eigenvalue weighted by molar-refractivity contribution is 6.67. The molecule has 0 unspecified atom stereocenters. The van der Waals surface area contributed by atoms with Crippen molar-refractivity contribution in [1.29, 1.82) is 0 Å². The third-order valence-corrected chi connectivity index (χ3v) is 1.52. The Hall–Kier alpha value is 0.830. The van der Waals surface area contributed by atoms with E-state index in [9.17, 15) is 0 Å². The molecule has 1 rings (SSSR count). The van der Waals surface area contributed by atoms with Gasteiger partial charge in [-0.15, -0.1) is 0 Å². The molecular formula is C3H4Cl3N. The van der Waals surface area contributed by atoms with E-state index in [0.29, 0.717) is 0 Å². The van der Waals surface area contributed by atoms with Crippen molar-refractivity contribution in [3.05, 3.63) is 0 Å². The van der Waals surface area contributed by atoms with Crippen LogP contribution in [0.25, 0.3) is 0 Å². The van der Waals surface area contributed by atoms with Crippen molar-refractivity contribution in [3.63, 3.8) is 0 Å². The lowest BCUT2D eigenvalue weighted by Gasteiger charge is -2.08. The molecule has 0 spiro atoms. The third-order valence-electron chi connectivity index (χ3n) is 0.806. The fourth-order valence-electron chi connectivity index (χ4n) is 0.304. The van der Waals surface area contributed by atoms with E-state index in [1.54, 1.807) is 4.90 Å². The van der Waals surface area contributed by atoms with Crippen LogP contribution in [0, 0.1) is 0 Å². The lowest BCUT2D eigenvalue weighted by molar-refractivity contribution is 0.579. The van der Waals surface area contributed by atoms with E-state index in [4.69, 9.17) is 34.8 Å². The van der Waals surface area contributed by atoms with Crippen molar-refractivity contribution in [1.82, 2.24) is 4.90 Å². The number of alkyl halides is 3. The van der Waals surface area contributed by atoms with Gasteiger partial charge in [0, 0.05) is 13.1 Å². The Morgan fingerprint density at radius 3 is 1.57 bits per heavy atom. The minimum Gasteiger partial charge on any atom is -0.257 e. The second-order valence-corrected chi connectivity index (χ2v) is 3.68. The monoisotopic (exact) mass is 159 g/mol. The van der Waals surface area contributed by atoms with Gasteiger partial charge >= 0.3 is 0 Å². The molecule has 0 bridgehead atoms. The second kappa shape index (κ2) is 1.66. The molecule has 1 fully saturated rings. The largest absolute Gasteiger partial charge is 0.257 e. The summed E-state index contributed by atoms with van der Waals surface area (Å²) in [4.78, 5) is 1.73. The van der Waals surface area contributed by atoms with Crippen LogP contribution in [0.1, 0.15) is 0 Å². The molecule has 42 valence electrons. The summed E-state index contributed by atoms with van der Waals surface area (Å²) >= 11 is 16.2. The third kappa shape index (κ3) is 1.65. The summed E-state index contributed by atoms with van der Waals surface area (Å²) in [5, 5.41) is 0. The summed E-state index contributed by atoms with van der Waals surface area (Å²) in [6.07, 6.45) is 0. The van der Waals surface area contributed by atoms with E-state index in [0.717, 1.165) is 13.1 Å². The standard InChI is InChI=1S/C3H4Cl3N/c4-3(5,6)7-1-2-7/h1-2H2. The maximum absolute atomic E-state index is 5.39. The fraction of sp³-hybridized carbons (Fsp3) is 1.00. The van der Waals surface area contributed by atoms with Gasteiger partial charge < -0.3 is 0 Å². The number of nitrogens with zero attached hydrogens (tertiary/aromatic N) is 1. The van der Waals surface area contributed by atoms with Gasteiger partial charge in [0.2, 0.25) is 3.92 Å². The van der Waals surface area contributed by atoms with E-state index in [1.807, 2.05) is 0 Å². The van der Waals surface area contributed by atoms with E-state index in [-0.39, 0.29) is 0 Å². The van der Waals surface area contributed by atoms with Crippen molar-refractivity contribution in [2.24, 2.45) is 0 Å². The van der Waals surface area contributed by atoms with Crippen LogP contribution in [0.15, 0.2) is 0 Å². The topological polar surface area (TPSA) is 3.01 Å². The maximum atomic E-state index is 5.39. The highest BCUT2D eigenvalue weighted by Crippen LogP contribution is 2.35. The van der Waals surface area contributed by atoms with Gasteiger partial charge in [-0.05, 0) is 0 Å². The van der Waals surface area contributed by atoms with Crippen LogP contribution >= 0.6 is 34.8 Å². The molecule has 1 nitrogen and oxygen atoms in total. The lowest BCUT2D eigenvalue weighted by Crippen LogP contribution is -2.14. The predicted octanol–water partition coefficient (Wildman–Crippen LogP) is 1.63. The van der Waals surface area contributed by atoms with Gasteiger partial charge in [0.25, 0.3) is 0 Å². The molecule has 1 saturated heterocycles. The summed E-state index contributed by atoms with van der Waals surface area (Å²) < 4.78 is -1.14. The van der Waals surface area contributed by atoms with Crippen LogP contribution < -0.4 is 0 Å². The van der Waals surface area contributed by atoms with Gasteiger partial charge in [-0.1, -0.05) is 34.8 Å². The molecule has 0 amide bonds. The van der Waals surface area contributed by atoms with E-state index in [2.05, 4.69) is 0 Å². The molecule has 1 aliphatic rings. The van der Waals surface area contributed by atoms with Gasteiger partial charge in [0.1, 0.15) is 0 Å². The molecule has 0 N–H and O–H groups in total. The molecule has 4 heteroatoms. The van der Waals surface area contributed by atoms with Crippen molar-refractivity contribution in [2.75, 3.05) is 13.1 Å². The number of rotatable bonds is 0. The molecule has 0 saturated carbocycles. The van der Waals surface area contributed by atoms with E-state index in [1.165, 1.54) is 0 Å². The molecular weight excluding hydrogens is 156 g/mol. The van der Waals surface area contributed by atoms with Crippen LogP contribution in [-0.4, -0.2) is 21.9 Å². The molecule has 7 heavy (non-hydrogen) atoms. The molecule has 0 radical (unpaired) electrons. The normalized spacial score (nSPS) is 22.7. The summed E-state index contributed by atoms with van der Waals surface area (Å²) in [6, 6.07) is 0. The fourth-order valence-corrected chi connectivity index (χ4v) is 0.811. The van der Waals surface area contributed by atoms with Crippen LogP contribution in [-0.2, 0) is 0 Å². The molecule has 0 aromatic carbocycles. The van der Waals surface area contributed by atoms with Gasteiger partial charge in [0.05, 0.1) is 0 Å². The molecule has 0 aromatic heterocycles. The van der Waals surface area contributed by atoms with Crippen LogP contribution in [0.5, 0.6) is 0 Å². The Labute approximate surface area is 57.1 Å². The Morgan fingerprint density at radius 1 is 1.14 bits per heavy atom. The molecule has 1 heterocycles. The van der Waals surface area contributed by atoms with Crippen LogP contribution in [0.3, 0.4) is 0 Å². The second-order valence-electron chi connectivity index (χ2n) is 1.45. The summed E-state index contributed by atoms with van der Waals surface area (Å²) in [7, 11) is 0. The quantitative estimate of drug-likeness (QED) is 0.296. The zero-order valence-corrected chi connectivity index (χ0v) is 5.76. The average molecular weight is 160 g/mol. The van der Waals surface area contributed by atoms with E-state index >= 15 is 0 Å². The highest BCUT2D eigenvalue weighted by atomic mass is 35.6. The summed E-state index contributed by atoms with van der Waals surface area (Å²) in [5.74, 6) is 0. The van der Waals surface area contributed by atoms with Crippen LogP contribution in [0.4, 0.5) is 0 Å². The Balaban J connectivity index is 2.36. The average Bonchev–Trinajstić information content (AvgIpc) is 1.99. The molecule has 1 aliphatic heterocycles. The number of hydrogen-bond donors (Lipinski definition) is 0. The minimum atomic E-state index is -1.14. The number of hydrogen-bond acceptors (Lipinski definition) is 1. The highest BCUT2D eigenvalue weighted by Gasteiger charge is 2.37. The first-order valence-electron chi connectivity index (χ1n) is 1.92. The predicted molar refractivity (Wildman–Crippen MR) is 31.9 cm³/mol. The minimum absolute atomic E-state index is 0.913. The van der Waals surface area contributed by atoms with Gasteiger partial charge in [0.15, 0.2) is 0 Å². The van der Waals surface area contributed by atoms with Gasteiger partial charge in [-0.2, -0.15) is 0 Å². The Morgan fingerprint density at radius 2 is 1.57 bits per heavy atom. The molecule has 0 aromatic rings. The maximum Gasteiger partial charge on any atom is 0.247 e. The summed E-state index contributed by atoms with van der Waals surface area (Å²) in [5.41, 5.74) is 0. The summed E-state index contributed by atoms with van der Waals surface area (Å²) in [6.45, 7) is 1.83. The smallest absolute Gasteiger partial charge is 0.247 e. The van der Waals surface area contributed by atoms with Gasteiger partial charge in [-0.25, -0.2) is 0 Å².